The third-order valence-electron chi connectivity index (χ3n) is 5.19. The number of anilines is 1. The van der Waals surface area contributed by atoms with Crippen LogP contribution in [-0.4, -0.2) is 30.3 Å². The summed E-state index contributed by atoms with van der Waals surface area (Å²) in [5, 5.41) is 0. The van der Waals surface area contributed by atoms with Crippen molar-refractivity contribution in [1.82, 2.24) is 4.90 Å². The number of para-hydroxylation sites is 1. The van der Waals surface area contributed by atoms with Gasteiger partial charge in [-0.2, -0.15) is 0 Å². The number of nitrogens with zero attached hydrogens (tertiary/aromatic N) is 2. The predicted octanol–water partition coefficient (Wildman–Crippen LogP) is 3.80. The summed E-state index contributed by atoms with van der Waals surface area (Å²) in [4.78, 5) is 28.8. The smallest absolute Gasteiger partial charge is 0.228 e. The second-order valence-corrected chi connectivity index (χ2v) is 7.05. The monoisotopic (exact) mass is 354 g/mol. The fraction of sp³-hybridized carbons (Fsp3) is 0.429. The zero-order valence-electron chi connectivity index (χ0n) is 15.6. The molecule has 2 aromatic rings. The van der Waals surface area contributed by atoms with Gasteiger partial charge in [0.25, 0.3) is 0 Å². The molecular weight excluding hydrogens is 328 g/mol. The van der Waals surface area contributed by atoms with E-state index < -0.39 is 0 Å². The molecule has 0 saturated carbocycles. The van der Waals surface area contributed by atoms with Crippen molar-refractivity contribution < 1.29 is 14.0 Å². The number of benzene rings is 1. The molecule has 1 aromatic carbocycles. The van der Waals surface area contributed by atoms with Gasteiger partial charge in [0.1, 0.15) is 5.76 Å². The molecule has 1 aliphatic heterocycles. The van der Waals surface area contributed by atoms with Gasteiger partial charge >= 0.3 is 0 Å². The average molecular weight is 354 g/mol. The van der Waals surface area contributed by atoms with E-state index in [1.807, 2.05) is 24.3 Å². The van der Waals surface area contributed by atoms with Crippen molar-refractivity contribution in [2.45, 2.75) is 39.2 Å². The Morgan fingerprint density at radius 3 is 2.77 bits per heavy atom. The molecule has 2 amide bonds. The number of amides is 2. The lowest BCUT2D eigenvalue weighted by Crippen LogP contribution is -2.34. The zero-order chi connectivity index (χ0) is 18.7. The van der Waals surface area contributed by atoms with Gasteiger partial charge in [-0.3, -0.25) is 9.59 Å². The van der Waals surface area contributed by atoms with Crippen LogP contribution < -0.4 is 4.90 Å². The van der Waals surface area contributed by atoms with Crippen LogP contribution in [0.1, 0.15) is 43.9 Å². The van der Waals surface area contributed by atoms with E-state index >= 15 is 0 Å². The van der Waals surface area contributed by atoms with Crippen molar-refractivity contribution in [2.24, 2.45) is 5.92 Å². The van der Waals surface area contributed by atoms with E-state index in [4.69, 9.17) is 4.42 Å². The van der Waals surface area contributed by atoms with Gasteiger partial charge in [-0.15, -0.1) is 0 Å². The van der Waals surface area contributed by atoms with Gasteiger partial charge < -0.3 is 14.2 Å². The summed E-state index contributed by atoms with van der Waals surface area (Å²) in [5.41, 5.74) is 2.11. The molecule has 0 aliphatic carbocycles. The van der Waals surface area contributed by atoms with E-state index in [1.165, 1.54) is 5.56 Å². The SMILES string of the molecule is CCC(C)c1ccccc1N1CC(C(=O)N(C)Cc2ccco2)CC1=O. The molecule has 2 heterocycles. The van der Waals surface area contributed by atoms with Crippen molar-refractivity contribution in [3.05, 3.63) is 54.0 Å². The fourth-order valence-electron chi connectivity index (χ4n) is 3.50. The number of hydrogen-bond acceptors (Lipinski definition) is 3. The number of furan rings is 1. The molecule has 3 rings (SSSR count). The van der Waals surface area contributed by atoms with Gasteiger partial charge in [-0.25, -0.2) is 0 Å². The molecule has 138 valence electrons. The Kier molecular flexibility index (Phi) is 5.45. The van der Waals surface area contributed by atoms with E-state index in [-0.39, 0.29) is 24.2 Å². The molecule has 2 unspecified atom stereocenters. The minimum atomic E-state index is -0.313. The molecule has 0 N–H and O–H groups in total. The van der Waals surface area contributed by atoms with Crippen molar-refractivity contribution >= 4 is 17.5 Å². The number of carbonyl (C=O) groups is 2. The number of hydrogen-bond donors (Lipinski definition) is 0. The summed E-state index contributed by atoms with van der Waals surface area (Å²) in [6.45, 7) is 5.16. The van der Waals surface area contributed by atoms with Crippen LogP contribution in [0.5, 0.6) is 0 Å². The first-order valence-corrected chi connectivity index (χ1v) is 9.17. The maximum Gasteiger partial charge on any atom is 0.228 e. The first-order chi connectivity index (χ1) is 12.5. The largest absolute Gasteiger partial charge is 0.467 e. The summed E-state index contributed by atoms with van der Waals surface area (Å²) >= 11 is 0. The van der Waals surface area contributed by atoms with E-state index in [0.29, 0.717) is 19.0 Å². The van der Waals surface area contributed by atoms with Crippen molar-refractivity contribution in [3.8, 4) is 0 Å². The number of carbonyl (C=O) groups excluding carboxylic acids is 2. The van der Waals surface area contributed by atoms with Crippen LogP contribution in [-0.2, 0) is 16.1 Å². The van der Waals surface area contributed by atoms with E-state index in [1.54, 1.807) is 29.2 Å². The highest BCUT2D eigenvalue weighted by atomic mass is 16.3. The van der Waals surface area contributed by atoms with E-state index in [0.717, 1.165) is 17.9 Å². The first-order valence-electron chi connectivity index (χ1n) is 9.17. The average Bonchev–Trinajstić information content (AvgIpc) is 3.30. The topological polar surface area (TPSA) is 53.8 Å². The Bertz CT molecular complexity index is 769. The second-order valence-electron chi connectivity index (χ2n) is 7.05. The van der Waals surface area contributed by atoms with Crippen LogP contribution in [0.3, 0.4) is 0 Å². The molecule has 0 radical (unpaired) electrons. The van der Waals surface area contributed by atoms with Crippen molar-refractivity contribution in [2.75, 3.05) is 18.5 Å². The maximum absolute atomic E-state index is 12.8. The standard InChI is InChI=1S/C21H26N2O3/c1-4-15(2)18-9-5-6-10-19(18)23-13-16(12-20(23)24)21(25)22(3)14-17-8-7-11-26-17/h5-11,15-16H,4,12-14H2,1-3H3. The lowest BCUT2D eigenvalue weighted by Gasteiger charge is -2.24. The molecule has 5 nitrogen and oxygen atoms in total. The van der Waals surface area contributed by atoms with Crippen LogP contribution in [0.15, 0.2) is 47.1 Å². The lowest BCUT2D eigenvalue weighted by molar-refractivity contribution is -0.135. The third-order valence-corrected chi connectivity index (χ3v) is 5.19. The Morgan fingerprint density at radius 1 is 1.31 bits per heavy atom. The lowest BCUT2D eigenvalue weighted by atomic mass is 9.96. The summed E-state index contributed by atoms with van der Waals surface area (Å²) in [6, 6.07) is 11.7. The molecule has 26 heavy (non-hydrogen) atoms. The Hall–Kier alpha value is -2.56. The highest BCUT2D eigenvalue weighted by Crippen LogP contribution is 2.33. The Balaban J connectivity index is 1.74. The molecule has 5 heteroatoms. The van der Waals surface area contributed by atoms with Crippen molar-refractivity contribution in [1.29, 1.82) is 0 Å². The van der Waals surface area contributed by atoms with Crippen LogP contribution in [0, 0.1) is 5.92 Å². The maximum atomic E-state index is 12.8. The molecule has 1 aromatic heterocycles. The van der Waals surface area contributed by atoms with Crippen LogP contribution in [0.25, 0.3) is 0 Å². The van der Waals surface area contributed by atoms with Gasteiger partial charge in [0.2, 0.25) is 11.8 Å². The summed E-state index contributed by atoms with van der Waals surface area (Å²) in [6.07, 6.45) is 2.86. The Labute approximate surface area is 154 Å². The van der Waals surface area contributed by atoms with Crippen LogP contribution in [0.2, 0.25) is 0 Å². The minimum Gasteiger partial charge on any atom is -0.467 e. The summed E-state index contributed by atoms with van der Waals surface area (Å²) in [5.74, 6) is 0.802. The minimum absolute atomic E-state index is 0.0155. The van der Waals surface area contributed by atoms with Gasteiger partial charge in [0.05, 0.1) is 18.7 Å². The fourth-order valence-corrected chi connectivity index (χ4v) is 3.50. The van der Waals surface area contributed by atoms with Gasteiger partial charge in [0.15, 0.2) is 0 Å². The zero-order valence-corrected chi connectivity index (χ0v) is 15.6. The summed E-state index contributed by atoms with van der Waals surface area (Å²) < 4.78 is 5.31. The predicted molar refractivity (Wildman–Crippen MR) is 101 cm³/mol. The van der Waals surface area contributed by atoms with Gasteiger partial charge in [-0.1, -0.05) is 32.0 Å². The third kappa shape index (κ3) is 3.66. The quantitative estimate of drug-likeness (QED) is 0.793. The Morgan fingerprint density at radius 2 is 2.08 bits per heavy atom. The van der Waals surface area contributed by atoms with Gasteiger partial charge in [-0.05, 0) is 36.1 Å². The molecular formula is C21H26N2O3. The molecule has 1 fully saturated rings. The highest BCUT2D eigenvalue weighted by Gasteiger charge is 2.37. The normalized spacial score (nSPS) is 18.2. The highest BCUT2D eigenvalue weighted by molar-refractivity contribution is 6.00. The van der Waals surface area contributed by atoms with E-state index in [2.05, 4.69) is 19.9 Å². The van der Waals surface area contributed by atoms with Crippen molar-refractivity contribution in [3.63, 3.8) is 0 Å². The summed E-state index contributed by atoms with van der Waals surface area (Å²) in [7, 11) is 1.76. The van der Waals surface area contributed by atoms with Crippen LogP contribution in [0.4, 0.5) is 5.69 Å². The molecule has 0 bridgehead atoms. The van der Waals surface area contributed by atoms with Crippen LogP contribution >= 0.6 is 0 Å². The first kappa shape index (κ1) is 18.2. The number of rotatable bonds is 6. The molecule has 1 aliphatic rings. The second kappa shape index (κ2) is 7.77. The molecule has 1 saturated heterocycles. The van der Waals surface area contributed by atoms with Gasteiger partial charge in [0, 0.05) is 25.7 Å². The van der Waals surface area contributed by atoms with E-state index in [9.17, 15) is 9.59 Å². The molecule has 2 atom stereocenters. The molecule has 0 spiro atoms.